The van der Waals surface area contributed by atoms with Crippen molar-refractivity contribution >= 4 is 12.1 Å². The molecule has 1 saturated heterocycles. The number of amides is 1. The Kier molecular flexibility index (Phi) is 8.84. The van der Waals surface area contributed by atoms with Crippen LogP contribution in [-0.2, 0) is 11.3 Å². The number of ether oxygens (including phenoxy) is 2. The van der Waals surface area contributed by atoms with Crippen molar-refractivity contribution in [2.75, 3.05) is 32.8 Å². The highest BCUT2D eigenvalue weighted by atomic mass is 19.1. The Hall–Kier alpha value is -2.51. The second-order valence-corrected chi connectivity index (χ2v) is 6.50. The summed E-state index contributed by atoms with van der Waals surface area (Å²) in [6.07, 6.45) is 1.39. The number of nitrogens with one attached hydrogen (secondary N) is 2. The molecule has 0 radical (unpaired) electrons. The number of hydrogen-bond acceptors (Lipinski definition) is 4. The lowest BCUT2D eigenvalue weighted by atomic mass is 10.1. The number of rotatable bonds is 7. The third kappa shape index (κ3) is 6.58. The molecule has 1 aliphatic heterocycles. The quantitative estimate of drug-likeness (QED) is 0.549. The Bertz CT molecular complexity index is 661. The third-order valence-electron chi connectivity index (χ3n) is 4.42. The average molecular weight is 394 g/mol. The molecule has 1 aromatic carbocycles. The molecule has 2 rings (SSSR count). The number of halogens is 1. The summed E-state index contributed by atoms with van der Waals surface area (Å²) in [6, 6.07) is 5.13. The molecule has 0 unspecified atom stereocenters. The van der Waals surface area contributed by atoms with Crippen molar-refractivity contribution in [1.29, 1.82) is 0 Å². The lowest BCUT2D eigenvalue weighted by Gasteiger charge is -2.32. The van der Waals surface area contributed by atoms with Crippen LogP contribution in [0.2, 0.25) is 0 Å². The summed E-state index contributed by atoms with van der Waals surface area (Å²) in [6.45, 7) is 8.84. The smallest absolute Gasteiger partial charge is 0.409 e. The Labute approximate surface area is 166 Å². The fourth-order valence-corrected chi connectivity index (χ4v) is 3.02. The first kappa shape index (κ1) is 21.8. The first-order chi connectivity index (χ1) is 13.6. The van der Waals surface area contributed by atoms with Gasteiger partial charge in [-0.15, -0.1) is 0 Å². The highest BCUT2D eigenvalue weighted by Gasteiger charge is 2.24. The molecule has 1 aliphatic rings. The molecule has 28 heavy (non-hydrogen) atoms. The Morgan fingerprint density at radius 1 is 1.25 bits per heavy atom. The van der Waals surface area contributed by atoms with Crippen LogP contribution in [0.25, 0.3) is 0 Å². The highest BCUT2D eigenvalue weighted by molar-refractivity contribution is 5.80. The predicted molar refractivity (Wildman–Crippen MR) is 107 cm³/mol. The number of guanidine groups is 1. The minimum atomic E-state index is -0.376. The molecule has 8 heteroatoms. The number of benzene rings is 1. The largest absolute Gasteiger partial charge is 0.491 e. The van der Waals surface area contributed by atoms with Crippen LogP contribution in [0.15, 0.2) is 23.2 Å². The van der Waals surface area contributed by atoms with Crippen LogP contribution in [0.1, 0.15) is 39.2 Å². The van der Waals surface area contributed by atoms with Crippen LogP contribution in [0.4, 0.5) is 9.18 Å². The van der Waals surface area contributed by atoms with E-state index in [2.05, 4.69) is 15.6 Å². The van der Waals surface area contributed by atoms with Gasteiger partial charge in [0.1, 0.15) is 0 Å². The molecule has 1 heterocycles. The monoisotopic (exact) mass is 394 g/mol. The van der Waals surface area contributed by atoms with Gasteiger partial charge in [-0.2, -0.15) is 0 Å². The summed E-state index contributed by atoms with van der Waals surface area (Å²) in [5.41, 5.74) is 0.773. The first-order valence-electron chi connectivity index (χ1n) is 9.95. The Morgan fingerprint density at radius 3 is 2.61 bits per heavy atom. The highest BCUT2D eigenvalue weighted by Crippen LogP contribution is 2.19. The predicted octanol–water partition coefficient (Wildman–Crippen LogP) is 2.90. The Morgan fingerprint density at radius 2 is 2.00 bits per heavy atom. The summed E-state index contributed by atoms with van der Waals surface area (Å²) in [7, 11) is 0. The molecular weight excluding hydrogens is 363 g/mol. The van der Waals surface area contributed by atoms with Gasteiger partial charge in [0.15, 0.2) is 17.5 Å². The van der Waals surface area contributed by atoms with E-state index in [-0.39, 0.29) is 23.7 Å². The molecule has 1 aromatic rings. The van der Waals surface area contributed by atoms with Gasteiger partial charge in [0.25, 0.3) is 0 Å². The summed E-state index contributed by atoms with van der Waals surface area (Å²) in [5.74, 6) is 0.568. The van der Waals surface area contributed by atoms with Crippen LogP contribution in [0.3, 0.4) is 0 Å². The van der Waals surface area contributed by atoms with Crippen molar-refractivity contribution in [3.05, 3.63) is 29.6 Å². The summed E-state index contributed by atoms with van der Waals surface area (Å²) in [5, 5.41) is 6.62. The number of piperidine rings is 1. The van der Waals surface area contributed by atoms with Gasteiger partial charge in [-0.1, -0.05) is 6.07 Å². The van der Waals surface area contributed by atoms with Gasteiger partial charge in [-0.3, -0.25) is 0 Å². The van der Waals surface area contributed by atoms with Crippen molar-refractivity contribution in [2.45, 2.75) is 46.2 Å². The molecule has 0 bridgehead atoms. The first-order valence-corrected chi connectivity index (χ1v) is 9.95. The van der Waals surface area contributed by atoms with E-state index in [9.17, 15) is 9.18 Å². The zero-order valence-electron chi connectivity index (χ0n) is 17.0. The maximum absolute atomic E-state index is 14.0. The maximum atomic E-state index is 14.0. The van der Waals surface area contributed by atoms with E-state index < -0.39 is 0 Å². The molecule has 0 spiro atoms. The number of nitrogens with zero attached hydrogens (tertiary/aromatic N) is 2. The van der Waals surface area contributed by atoms with Gasteiger partial charge < -0.3 is 25.0 Å². The number of aliphatic imine (C=N–C) groups is 1. The zero-order valence-corrected chi connectivity index (χ0v) is 17.0. The standard InChI is InChI=1S/C20H31FN4O3/c1-4-22-19(23-14-15-7-8-18(27-5-2)17(21)13-15)24-16-9-11-25(12-10-16)20(26)28-6-3/h7-8,13,16H,4-6,9-12,14H2,1-3H3,(H2,22,23,24). The summed E-state index contributed by atoms with van der Waals surface area (Å²) < 4.78 is 24.3. The van der Waals surface area contributed by atoms with Crippen molar-refractivity contribution in [3.63, 3.8) is 0 Å². The van der Waals surface area contributed by atoms with Crippen molar-refractivity contribution in [1.82, 2.24) is 15.5 Å². The topological polar surface area (TPSA) is 75.2 Å². The zero-order chi connectivity index (χ0) is 20.4. The van der Waals surface area contributed by atoms with Crippen LogP contribution >= 0.6 is 0 Å². The van der Waals surface area contributed by atoms with Gasteiger partial charge in [0.05, 0.1) is 19.8 Å². The van der Waals surface area contributed by atoms with Crippen LogP contribution in [0, 0.1) is 5.82 Å². The van der Waals surface area contributed by atoms with Gasteiger partial charge in [0, 0.05) is 25.7 Å². The minimum Gasteiger partial charge on any atom is -0.491 e. The van der Waals surface area contributed by atoms with E-state index in [1.54, 1.807) is 11.0 Å². The molecule has 7 nitrogen and oxygen atoms in total. The normalized spacial score (nSPS) is 15.3. The Balaban J connectivity index is 1.91. The maximum Gasteiger partial charge on any atom is 0.409 e. The van der Waals surface area contributed by atoms with Crippen molar-refractivity contribution in [3.8, 4) is 5.75 Å². The lowest BCUT2D eigenvalue weighted by Crippen LogP contribution is -2.49. The average Bonchev–Trinajstić information content (AvgIpc) is 2.69. The van der Waals surface area contributed by atoms with Crippen LogP contribution in [-0.4, -0.2) is 55.8 Å². The van der Waals surface area contributed by atoms with E-state index in [1.165, 1.54) is 6.07 Å². The summed E-state index contributed by atoms with van der Waals surface area (Å²) in [4.78, 5) is 18.1. The number of likely N-dealkylation sites (tertiary alicyclic amines) is 1. The molecule has 2 N–H and O–H groups in total. The molecule has 1 fully saturated rings. The van der Waals surface area contributed by atoms with E-state index in [0.29, 0.717) is 38.8 Å². The molecule has 0 aliphatic carbocycles. The van der Waals surface area contributed by atoms with Crippen LogP contribution < -0.4 is 15.4 Å². The second-order valence-electron chi connectivity index (χ2n) is 6.50. The molecule has 156 valence electrons. The molecule has 1 amide bonds. The lowest BCUT2D eigenvalue weighted by molar-refractivity contribution is 0.0963. The minimum absolute atomic E-state index is 0.223. The van der Waals surface area contributed by atoms with Gasteiger partial charge >= 0.3 is 6.09 Å². The van der Waals surface area contributed by atoms with Gasteiger partial charge in [0.2, 0.25) is 0 Å². The second kappa shape index (κ2) is 11.4. The van der Waals surface area contributed by atoms with E-state index in [4.69, 9.17) is 9.47 Å². The molecule has 0 saturated carbocycles. The fourth-order valence-electron chi connectivity index (χ4n) is 3.02. The van der Waals surface area contributed by atoms with Gasteiger partial charge in [-0.05, 0) is 51.3 Å². The van der Waals surface area contributed by atoms with Crippen molar-refractivity contribution in [2.24, 2.45) is 4.99 Å². The number of carbonyl (C=O) groups is 1. The van der Waals surface area contributed by atoms with Crippen LogP contribution in [0.5, 0.6) is 5.75 Å². The van der Waals surface area contributed by atoms with E-state index >= 15 is 0 Å². The van der Waals surface area contributed by atoms with Gasteiger partial charge in [-0.25, -0.2) is 14.2 Å². The SMILES string of the molecule is CCNC(=NCc1ccc(OCC)c(F)c1)NC1CCN(C(=O)OCC)CC1. The van der Waals surface area contributed by atoms with E-state index in [0.717, 1.165) is 24.9 Å². The molecule has 0 aromatic heterocycles. The third-order valence-corrected chi connectivity index (χ3v) is 4.42. The molecular formula is C20H31FN4O3. The fraction of sp³-hybridized carbons (Fsp3) is 0.600. The molecule has 0 atom stereocenters. The van der Waals surface area contributed by atoms with Crippen molar-refractivity contribution < 1.29 is 18.7 Å². The number of hydrogen-bond donors (Lipinski definition) is 2. The number of carbonyl (C=O) groups excluding carboxylic acids is 1. The van der Waals surface area contributed by atoms with E-state index in [1.807, 2.05) is 26.8 Å². The summed E-state index contributed by atoms with van der Waals surface area (Å²) >= 11 is 0.